The fourth-order valence-electron chi connectivity index (χ4n) is 2.77. The van der Waals surface area contributed by atoms with Crippen molar-refractivity contribution in [2.24, 2.45) is 0 Å². The average molecular weight is 315 g/mol. The highest BCUT2D eigenvalue weighted by Gasteiger charge is 2.14. The van der Waals surface area contributed by atoms with E-state index in [9.17, 15) is 14.0 Å². The standard InChI is InChI=1S/C17H18FN3O2/c1-11-8-13(6-7-14(11)18)19-16(22)10-21-17(23)9-12-4-2-3-5-15(12)20-21/h6-9H,2-5,10H2,1H3,(H,19,22). The molecule has 1 amide bonds. The Morgan fingerprint density at radius 2 is 2.09 bits per heavy atom. The molecular weight excluding hydrogens is 297 g/mol. The molecule has 1 aromatic heterocycles. The van der Waals surface area contributed by atoms with Crippen molar-refractivity contribution in [3.63, 3.8) is 0 Å². The number of amides is 1. The molecule has 1 N–H and O–H groups in total. The first-order valence-corrected chi connectivity index (χ1v) is 7.69. The van der Waals surface area contributed by atoms with Gasteiger partial charge >= 0.3 is 0 Å². The zero-order valence-electron chi connectivity index (χ0n) is 12.9. The van der Waals surface area contributed by atoms with Crippen LogP contribution in [0.3, 0.4) is 0 Å². The molecule has 1 heterocycles. The van der Waals surface area contributed by atoms with Crippen LogP contribution >= 0.6 is 0 Å². The van der Waals surface area contributed by atoms with Crippen LogP contribution in [0.5, 0.6) is 0 Å². The molecule has 1 aliphatic rings. The molecule has 120 valence electrons. The predicted molar refractivity (Wildman–Crippen MR) is 84.9 cm³/mol. The molecule has 5 nitrogen and oxygen atoms in total. The summed E-state index contributed by atoms with van der Waals surface area (Å²) in [6.07, 6.45) is 3.84. The van der Waals surface area contributed by atoms with Crippen molar-refractivity contribution in [1.82, 2.24) is 9.78 Å². The first kappa shape index (κ1) is 15.4. The van der Waals surface area contributed by atoms with E-state index >= 15 is 0 Å². The molecule has 0 aliphatic heterocycles. The van der Waals surface area contributed by atoms with Crippen LogP contribution in [-0.2, 0) is 24.2 Å². The number of fused-ring (bicyclic) bond motifs is 1. The molecule has 0 radical (unpaired) electrons. The van der Waals surface area contributed by atoms with Gasteiger partial charge in [0.15, 0.2) is 0 Å². The van der Waals surface area contributed by atoms with Gasteiger partial charge in [-0.1, -0.05) is 0 Å². The largest absolute Gasteiger partial charge is 0.324 e. The number of benzene rings is 1. The van der Waals surface area contributed by atoms with Crippen LogP contribution in [0.2, 0.25) is 0 Å². The summed E-state index contributed by atoms with van der Waals surface area (Å²) < 4.78 is 14.4. The summed E-state index contributed by atoms with van der Waals surface area (Å²) in [5.41, 5.74) is 2.58. The third kappa shape index (κ3) is 3.47. The van der Waals surface area contributed by atoms with Crippen molar-refractivity contribution in [3.05, 3.63) is 57.3 Å². The van der Waals surface area contributed by atoms with E-state index < -0.39 is 0 Å². The van der Waals surface area contributed by atoms with Crippen LogP contribution in [-0.4, -0.2) is 15.7 Å². The third-order valence-corrected chi connectivity index (χ3v) is 4.01. The lowest BCUT2D eigenvalue weighted by Crippen LogP contribution is -2.31. The molecule has 0 unspecified atom stereocenters. The summed E-state index contributed by atoms with van der Waals surface area (Å²) in [6.45, 7) is 1.48. The molecule has 0 atom stereocenters. The first-order valence-electron chi connectivity index (χ1n) is 7.69. The number of rotatable bonds is 3. The van der Waals surface area contributed by atoms with Gasteiger partial charge in [-0.15, -0.1) is 0 Å². The van der Waals surface area contributed by atoms with E-state index in [1.54, 1.807) is 19.1 Å². The van der Waals surface area contributed by atoms with Crippen LogP contribution in [0.15, 0.2) is 29.1 Å². The minimum Gasteiger partial charge on any atom is -0.324 e. The number of carbonyl (C=O) groups is 1. The van der Waals surface area contributed by atoms with E-state index in [1.165, 1.54) is 16.8 Å². The molecule has 0 saturated heterocycles. The van der Waals surface area contributed by atoms with Gasteiger partial charge in [0, 0.05) is 11.8 Å². The number of carbonyl (C=O) groups excluding carboxylic acids is 1. The van der Waals surface area contributed by atoms with E-state index in [2.05, 4.69) is 10.4 Å². The number of aromatic nitrogens is 2. The molecule has 1 aromatic carbocycles. The van der Waals surface area contributed by atoms with E-state index in [-0.39, 0.29) is 23.8 Å². The van der Waals surface area contributed by atoms with Crippen molar-refractivity contribution in [1.29, 1.82) is 0 Å². The summed E-state index contributed by atoms with van der Waals surface area (Å²) in [4.78, 5) is 24.1. The molecule has 2 aromatic rings. The number of halogens is 1. The van der Waals surface area contributed by atoms with Crippen molar-refractivity contribution in [2.45, 2.75) is 39.2 Å². The van der Waals surface area contributed by atoms with Crippen molar-refractivity contribution < 1.29 is 9.18 Å². The molecule has 0 spiro atoms. The minimum atomic E-state index is -0.360. The van der Waals surface area contributed by atoms with Crippen LogP contribution < -0.4 is 10.9 Å². The van der Waals surface area contributed by atoms with E-state index in [4.69, 9.17) is 0 Å². The van der Waals surface area contributed by atoms with E-state index in [0.717, 1.165) is 36.9 Å². The second-order valence-corrected chi connectivity index (χ2v) is 5.83. The molecule has 0 bridgehead atoms. The molecule has 6 heteroatoms. The number of nitrogens with one attached hydrogen (secondary N) is 1. The van der Waals surface area contributed by atoms with Crippen molar-refractivity contribution in [3.8, 4) is 0 Å². The van der Waals surface area contributed by atoms with E-state index in [1.807, 2.05) is 0 Å². The van der Waals surface area contributed by atoms with Crippen LogP contribution in [0, 0.1) is 12.7 Å². The van der Waals surface area contributed by atoms with Gasteiger partial charge in [0.1, 0.15) is 12.4 Å². The second kappa shape index (κ2) is 6.32. The lowest BCUT2D eigenvalue weighted by molar-refractivity contribution is -0.117. The van der Waals surface area contributed by atoms with Crippen molar-refractivity contribution in [2.75, 3.05) is 5.32 Å². The smallest absolute Gasteiger partial charge is 0.267 e. The topological polar surface area (TPSA) is 64.0 Å². The monoisotopic (exact) mass is 315 g/mol. The lowest BCUT2D eigenvalue weighted by Gasteiger charge is -2.15. The summed E-state index contributed by atoms with van der Waals surface area (Å²) in [5.74, 6) is -0.683. The van der Waals surface area contributed by atoms with Gasteiger partial charge in [-0.3, -0.25) is 9.59 Å². The maximum atomic E-state index is 13.2. The molecule has 23 heavy (non-hydrogen) atoms. The first-order chi connectivity index (χ1) is 11.0. The Labute approximate surface area is 133 Å². The fraction of sp³-hybridized carbons (Fsp3) is 0.353. The zero-order valence-corrected chi connectivity index (χ0v) is 12.9. The number of anilines is 1. The Morgan fingerprint density at radius 3 is 2.87 bits per heavy atom. The van der Waals surface area contributed by atoms with Crippen LogP contribution in [0.25, 0.3) is 0 Å². The highest BCUT2D eigenvalue weighted by molar-refractivity contribution is 5.90. The predicted octanol–water partition coefficient (Wildman–Crippen LogP) is 2.21. The zero-order chi connectivity index (χ0) is 16.4. The highest BCUT2D eigenvalue weighted by Crippen LogP contribution is 2.17. The highest BCUT2D eigenvalue weighted by atomic mass is 19.1. The van der Waals surface area contributed by atoms with Crippen molar-refractivity contribution >= 4 is 11.6 Å². The quantitative estimate of drug-likeness (QED) is 0.944. The molecule has 3 rings (SSSR count). The molecule has 0 fully saturated rings. The maximum absolute atomic E-state index is 13.2. The summed E-state index contributed by atoms with van der Waals surface area (Å²) in [7, 11) is 0. The van der Waals surface area contributed by atoms with Crippen LogP contribution in [0.4, 0.5) is 10.1 Å². The van der Waals surface area contributed by atoms with Gasteiger partial charge in [0.05, 0.1) is 5.69 Å². The second-order valence-electron chi connectivity index (χ2n) is 5.83. The van der Waals surface area contributed by atoms with Gasteiger partial charge in [-0.2, -0.15) is 5.10 Å². The normalized spacial score (nSPS) is 13.5. The minimum absolute atomic E-state index is 0.150. The fourth-order valence-corrected chi connectivity index (χ4v) is 2.77. The number of hydrogen-bond acceptors (Lipinski definition) is 3. The Morgan fingerprint density at radius 1 is 1.30 bits per heavy atom. The van der Waals surface area contributed by atoms with Crippen LogP contribution in [0.1, 0.15) is 29.7 Å². The number of hydrogen-bond donors (Lipinski definition) is 1. The average Bonchev–Trinajstić information content (AvgIpc) is 2.51. The lowest BCUT2D eigenvalue weighted by atomic mass is 9.97. The van der Waals surface area contributed by atoms with E-state index in [0.29, 0.717) is 11.3 Å². The summed E-state index contributed by atoms with van der Waals surface area (Å²) in [5, 5.41) is 6.97. The number of nitrogens with zero attached hydrogens (tertiary/aromatic N) is 2. The van der Waals surface area contributed by atoms with Gasteiger partial charge in [-0.25, -0.2) is 9.07 Å². The summed E-state index contributed by atoms with van der Waals surface area (Å²) >= 11 is 0. The SMILES string of the molecule is Cc1cc(NC(=O)Cn2nc3c(cc2=O)CCCC3)ccc1F. The third-order valence-electron chi connectivity index (χ3n) is 4.01. The van der Waals surface area contributed by atoms with Gasteiger partial charge in [0.2, 0.25) is 5.91 Å². The van der Waals surface area contributed by atoms with Gasteiger partial charge in [-0.05, 0) is 61.9 Å². The molecular formula is C17H18FN3O2. The molecule has 0 saturated carbocycles. The Bertz CT molecular complexity index is 814. The molecule has 1 aliphatic carbocycles. The summed E-state index contributed by atoms with van der Waals surface area (Å²) in [6, 6.07) is 5.92. The Balaban J connectivity index is 1.75. The number of aryl methyl sites for hydroxylation is 3. The van der Waals surface area contributed by atoms with Gasteiger partial charge in [0.25, 0.3) is 5.56 Å². The maximum Gasteiger partial charge on any atom is 0.267 e. The Hall–Kier alpha value is -2.50. The Kier molecular flexibility index (Phi) is 4.23. The van der Waals surface area contributed by atoms with Gasteiger partial charge < -0.3 is 5.32 Å².